The zero-order valence-electron chi connectivity index (χ0n) is 15.5. The summed E-state index contributed by atoms with van der Waals surface area (Å²) < 4.78 is 11.4. The van der Waals surface area contributed by atoms with Gasteiger partial charge in [0.15, 0.2) is 0 Å². The molecule has 3 aromatic rings. The molecule has 0 bridgehead atoms. The number of hydrogen-bond acceptors (Lipinski definition) is 2. The number of ether oxygens (including phenoxy) is 2. The van der Waals surface area contributed by atoms with Crippen LogP contribution in [0.5, 0.6) is 11.5 Å². The van der Waals surface area contributed by atoms with E-state index in [-0.39, 0.29) is 0 Å². The Kier molecular flexibility index (Phi) is 4.17. The summed E-state index contributed by atoms with van der Waals surface area (Å²) in [6.45, 7) is 0.138. The van der Waals surface area contributed by atoms with E-state index in [1.807, 2.05) is 6.92 Å². The fraction of sp³-hybridized carbons (Fsp3) is 0.174. The van der Waals surface area contributed by atoms with Gasteiger partial charge in [-0.15, -0.1) is 0 Å². The van der Waals surface area contributed by atoms with Crippen LogP contribution >= 0.6 is 6.89 Å². The van der Waals surface area contributed by atoms with Gasteiger partial charge in [0.2, 0.25) is 0 Å². The molecule has 0 aromatic heterocycles. The van der Waals surface area contributed by atoms with Crippen LogP contribution in [0.15, 0.2) is 60.7 Å². The molecule has 0 saturated carbocycles. The van der Waals surface area contributed by atoms with Gasteiger partial charge in [0, 0.05) is 11.5 Å². The second-order valence-electron chi connectivity index (χ2n) is 6.79. The summed E-state index contributed by atoms with van der Waals surface area (Å²) in [5.41, 5.74) is 5.04. The van der Waals surface area contributed by atoms with Crippen molar-refractivity contribution in [2.45, 2.75) is 13.1 Å². The van der Waals surface area contributed by atoms with Crippen molar-refractivity contribution >= 4 is 23.8 Å². The molecule has 1 aliphatic heterocycles. The number of hydrogen-bond donors (Lipinski definition) is 0. The van der Waals surface area contributed by atoms with E-state index in [1.165, 1.54) is 27.3 Å². The number of methoxy groups -OCH3 is 2. The van der Waals surface area contributed by atoms with Gasteiger partial charge < -0.3 is 9.47 Å². The van der Waals surface area contributed by atoms with Crippen molar-refractivity contribution in [1.29, 1.82) is 0 Å². The van der Waals surface area contributed by atoms with Crippen molar-refractivity contribution in [1.82, 2.24) is 0 Å². The van der Waals surface area contributed by atoms with Gasteiger partial charge in [0.1, 0.15) is 11.5 Å². The molecule has 4 rings (SSSR count). The third kappa shape index (κ3) is 2.48. The SMILES string of the molecule is C=P1(c2cc(OC)c(C)cc2OC)Cc2ccccc2-c2ccccc21. The Morgan fingerprint density at radius 2 is 1.46 bits per heavy atom. The predicted octanol–water partition coefficient (Wildman–Crippen LogP) is 4.59. The maximum atomic E-state index is 5.78. The molecule has 132 valence electrons. The Hall–Kier alpha value is -2.44. The Bertz CT molecular complexity index is 1040. The highest BCUT2D eigenvalue weighted by Gasteiger charge is 2.32. The molecular weight excluding hydrogens is 339 g/mol. The monoisotopic (exact) mass is 362 g/mol. The molecule has 0 radical (unpaired) electrons. The molecule has 1 atom stereocenters. The number of benzene rings is 3. The lowest BCUT2D eigenvalue weighted by molar-refractivity contribution is 0.403. The van der Waals surface area contributed by atoms with Crippen molar-refractivity contribution in [2.24, 2.45) is 0 Å². The molecule has 0 aliphatic carbocycles. The fourth-order valence-corrected chi connectivity index (χ4v) is 7.38. The second kappa shape index (κ2) is 6.37. The predicted molar refractivity (Wildman–Crippen MR) is 113 cm³/mol. The topological polar surface area (TPSA) is 18.5 Å². The third-order valence-electron chi connectivity index (χ3n) is 5.27. The van der Waals surface area contributed by atoms with Gasteiger partial charge >= 0.3 is 0 Å². The molecule has 1 unspecified atom stereocenters. The molecule has 1 aliphatic rings. The molecule has 1 heterocycles. The normalized spacial score (nSPS) is 18.0. The quantitative estimate of drug-likeness (QED) is 0.635. The van der Waals surface area contributed by atoms with Gasteiger partial charge in [-0.25, -0.2) is 0 Å². The second-order valence-corrected chi connectivity index (χ2v) is 10.0. The van der Waals surface area contributed by atoms with Crippen LogP contribution in [-0.2, 0) is 6.16 Å². The summed E-state index contributed by atoms with van der Waals surface area (Å²) in [5.74, 6) is 1.79. The van der Waals surface area contributed by atoms with E-state index in [2.05, 4.69) is 60.7 Å². The van der Waals surface area contributed by atoms with Crippen LogP contribution in [0.3, 0.4) is 0 Å². The molecule has 2 nitrogen and oxygen atoms in total. The maximum Gasteiger partial charge on any atom is 0.127 e. The Balaban J connectivity index is 2.03. The number of aryl methyl sites for hydroxylation is 1. The highest BCUT2D eigenvalue weighted by atomic mass is 31.2. The van der Waals surface area contributed by atoms with Crippen LogP contribution in [0.2, 0.25) is 0 Å². The average Bonchev–Trinajstić information content (AvgIpc) is 2.68. The highest BCUT2D eigenvalue weighted by molar-refractivity contribution is 7.87. The Morgan fingerprint density at radius 1 is 0.808 bits per heavy atom. The van der Waals surface area contributed by atoms with Crippen molar-refractivity contribution in [3.05, 3.63) is 71.8 Å². The van der Waals surface area contributed by atoms with Crippen LogP contribution < -0.4 is 20.1 Å². The lowest BCUT2D eigenvalue weighted by atomic mass is 10.0. The van der Waals surface area contributed by atoms with Gasteiger partial charge in [0.25, 0.3) is 0 Å². The van der Waals surface area contributed by atoms with Gasteiger partial charge in [-0.3, -0.25) is 0 Å². The van der Waals surface area contributed by atoms with Gasteiger partial charge in [-0.2, -0.15) is 0 Å². The number of rotatable bonds is 3. The van der Waals surface area contributed by atoms with E-state index in [0.29, 0.717) is 0 Å². The van der Waals surface area contributed by atoms with Crippen molar-refractivity contribution in [2.75, 3.05) is 14.2 Å². The lowest BCUT2D eigenvalue weighted by Crippen LogP contribution is -2.25. The highest BCUT2D eigenvalue weighted by Crippen LogP contribution is 2.55. The molecule has 0 spiro atoms. The van der Waals surface area contributed by atoms with E-state index < -0.39 is 6.89 Å². The van der Waals surface area contributed by atoms with Crippen molar-refractivity contribution < 1.29 is 9.47 Å². The number of fused-ring (bicyclic) bond motifs is 3. The Morgan fingerprint density at radius 3 is 2.19 bits per heavy atom. The van der Waals surface area contributed by atoms with E-state index in [1.54, 1.807) is 14.2 Å². The minimum absolute atomic E-state index is 0.889. The smallest absolute Gasteiger partial charge is 0.127 e. The Labute approximate surface area is 155 Å². The minimum atomic E-state index is -1.91. The first-order chi connectivity index (χ1) is 12.6. The molecule has 3 aromatic carbocycles. The van der Waals surface area contributed by atoms with Crippen LogP contribution in [-0.4, -0.2) is 20.5 Å². The van der Waals surface area contributed by atoms with Gasteiger partial charge in [-0.1, -0.05) is 54.8 Å². The van der Waals surface area contributed by atoms with Crippen LogP contribution in [0.1, 0.15) is 11.1 Å². The summed E-state index contributed by atoms with van der Waals surface area (Å²) in [5, 5.41) is 2.51. The van der Waals surface area contributed by atoms with Crippen LogP contribution in [0.4, 0.5) is 0 Å². The fourth-order valence-electron chi connectivity index (χ4n) is 3.96. The molecule has 0 amide bonds. The molecule has 0 fully saturated rings. The first-order valence-corrected chi connectivity index (χ1v) is 10.9. The average molecular weight is 362 g/mol. The summed E-state index contributed by atoms with van der Waals surface area (Å²) >= 11 is 0. The first-order valence-electron chi connectivity index (χ1n) is 8.72. The molecule has 0 N–H and O–H groups in total. The van der Waals surface area contributed by atoms with E-state index in [0.717, 1.165) is 23.2 Å². The van der Waals surface area contributed by atoms with Crippen LogP contribution in [0.25, 0.3) is 11.1 Å². The molecule has 0 saturated heterocycles. The zero-order valence-corrected chi connectivity index (χ0v) is 16.3. The van der Waals surface area contributed by atoms with E-state index >= 15 is 0 Å². The third-order valence-corrected chi connectivity index (χ3v) is 8.74. The minimum Gasteiger partial charge on any atom is -0.496 e. The van der Waals surface area contributed by atoms with E-state index in [4.69, 9.17) is 15.8 Å². The van der Waals surface area contributed by atoms with E-state index in [9.17, 15) is 0 Å². The molecule has 26 heavy (non-hydrogen) atoms. The zero-order chi connectivity index (χ0) is 18.3. The summed E-state index contributed by atoms with van der Waals surface area (Å²) in [7, 11) is 3.46. The standard InChI is InChI=1S/C23H23O2P/c1-16-13-21(25-3)23(14-20(16)24-2)26(4)15-17-9-5-6-10-18(17)19-11-7-8-12-22(19)26/h5-14H,4,15H2,1-3H3. The summed E-state index contributed by atoms with van der Waals surface area (Å²) in [4.78, 5) is 0. The summed E-state index contributed by atoms with van der Waals surface area (Å²) in [6, 6.07) is 21.5. The van der Waals surface area contributed by atoms with Gasteiger partial charge in [0.05, 0.1) is 14.2 Å². The van der Waals surface area contributed by atoms with Crippen LogP contribution in [0, 0.1) is 6.92 Å². The van der Waals surface area contributed by atoms with Crippen molar-refractivity contribution in [3.8, 4) is 22.6 Å². The largest absolute Gasteiger partial charge is 0.496 e. The van der Waals surface area contributed by atoms with Crippen molar-refractivity contribution in [3.63, 3.8) is 0 Å². The first kappa shape index (κ1) is 17.0. The van der Waals surface area contributed by atoms with Gasteiger partial charge in [-0.05, 0) is 53.5 Å². The lowest BCUT2D eigenvalue weighted by Gasteiger charge is -2.34. The molecule has 3 heteroatoms. The maximum absolute atomic E-state index is 5.78. The molecular formula is C23H23O2P. The summed E-state index contributed by atoms with van der Waals surface area (Å²) in [6.07, 6.45) is 5.76.